The Hall–Kier alpha value is -3.53. The van der Waals surface area contributed by atoms with Crippen molar-refractivity contribution < 1.29 is 14.3 Å². The fourth-order valence-corrected chi connectivity index (χ4v) is 3.46. The molecule has 1 amide bonds. The van der Waals surface area contributed by atoms with E-state index in [1.807, 2.05) is 48.5 Å². The average molecular weight is 414 g/mol. The molecule has 0 atom stereocenters. The highest BCUT2D eigenvalue weighted by Gasteiger charge is 2.17. The third kappa shape index (κ3) is 4.97. The van der Waals surface area contributed by atoms with Gasteiger partial charge in [0, 0.05) is 17.3 Å². The molecule has 31 heavy (non-hydrogen) atoms. The smallest absolute Gasteiger partial charge is 0.256 e. The Labute approximate surface area is 183 Å². The lowest BCUT2D eigenvalue weighted by atomic mass is 9.86. The second-order valence-corrected chi connectivity index (χ2v) is 8.61. The third-order valence-electron chi connectivity index (χ3n) is 5.22. The molecular formula is C27H27NO3. The van der Waals surface area contributed by atoms with Crippen molar-refractivity contribution in [3.8, 4) is 11.5 Å². The summed E-state index contributed by atoms with van der Waals surface area (Å²) in [7, 11) is 0. The molecule has 0 saturated carbocycles. The molecule has 3 aromatic carbocycles. The number of ether oxygens (including phenoxy) is 2. The van der Waals surface area contributed by atoms with Crippen LogP contribution in [-0.2, 0) is 10.2 Å². The molecule has 0 saturated heterocycles. The Kier molecular flexibility index (Phi) is 5.81. The summed E-state index contributed by atoms with van der Waals surface area (Å²) >= 11 is 0. The number of carbonyl (C=O) groups excluding carboxylic acids is 1. The van der Waals surface area contributed by atoms with Gasteiger partial charge in [0.25, 0.3) is 5.91 Å². The summed E-state index contributed by atoms with van der Waals surface area (Å²) < 4.78 is 11.2. The van der Waals surface area contributed by atoms with Gasteiger partial charge in [-0.25, -0.2) is 0 Å². The largest absolute Gasteiger partial charge is 0.486 e. The van der Waals surface area contributed by atoms with Crippen LogP contribution < -0.4 is 14.8 Å². The Morgan fingerprint density at radius 2 is 1.55 bits per heavy atom. The van der Waals surface area contributed by atoms with E-state index in [1.54, 1.807) is 6.07 Å². The Morgan fingerprint density at radius 1 is 0.871 bits per heavy atom. The average Bonchev–Trinajstić information content (AvgIpc) is 2.77. The molecule has 3 aromatic rings. The van der Waals surface area contributed by atoms with Crippen LogP contribution in [0.4, 0.5) is 5.69 Å². The summed E-state index contributed by atoms with van der Waals surface area (Å²) in [5.41, 5.74) is 4.44. The molecule has 1 aliphatic rings. The zero-order chi connectivity index (χ0) is 21.8. The van der Waals surface area contributed by atoms with Crippen molar-refractivity contribution in [3.63, 3.8) is 0 Å². The second kappa shape index (κ2) is 8.68. The van der Waals surface area contributed by atoms with Crippen molar-refractivity contribution in [2.45, 2.75) is 26.2 Å². The molecule has 1 aliphatic heterocycles. The summed E-state index contributed by atoms with van der Waals surface area (Å²) in [6.45, 7) is 7.60. The van der Waals surface area contributed by atoms with E-state index in [1.165, 1.54) is 5.56 Å². The lowest BCUT2D eigenvalue weighted by Gasteiger charge is -2.19. The van der Waals surface area contributed by atoms with Gasteiger partial charge in [-0.3, -0.25) is 4.79 Å². The van der Waals surface area contributed by atoms with Gasteiger partial charge in [-0.05, 0) is 40.3 Å². The maximum absolute atomic E-state index is 13.3. The number of anilines is 1. The lowest BCUT2D eigenvalue weighted by molar-refractivity contribution is -0.111. The number of hydrogen-bond acceptors (Lipinski definition) is 3. The van der Waals surface area contributed by atoms with Gasteiger partial charge < -0.3 is 14.8 Å². The first-order chi connectivity index (χ1) is 14.9. The first-order valence-corrected chi connectivity index (χ1v) is 10.5. The quantitative estimate of drug-likeness (QED) is 0.426. The van der Waals surface area contributed by atoms with Crippen LogP contribution in [0.15, 0.2) is 72.8 Å². The van der Waals surface area contributed by atoms with E-state index in [4.69, 9.17) is 9.47 Å². The van der Waals surface area contributed by atoms with Gasteiger partial charge in [-0.15, -0.1) is 0 Å². The Bertz CT molecular complexity index is 1090. The third-order valence-corrected chi connectivity index (χ3v) is 5.22. The minimum absolute atomic E-state index is 0.0834. The van der Waals surface area contributed by atoms with E-state index in [0.29, 0.717) is 36.0 Å². The van der Waals surface area contributed by atoms with E-state index in [0.717, 1.165) is 11.1 Å². The van der Waals surface area contributed by atoms with Crippen molar-refractivity contribution >= 4 is 23.2 Å². The number of hydrogen-bond donors (Lipinski definition) is 1. The number of nitrogens with one attached hydrogen (secondary N) is 1. The molecule has 0 radical (unpaired) electrons. The van der Waals surface area contributed by atoms with Crippen LogP contribution in [-0.4, -0.2) is 19.1 Å². The van der Waals surface area contributed by atoms with Gasteiger partial charge in [0.2, 0.25) is 0 Å². The SMILES string of the molecule is CC(C)(C)c1ccc(/C=C(/C(=O)Nc2ccc3c(c2)OCCO3)c2ccccc2)cc1. The number of fused-ring (bicyclic) bond motifs is 1. The molecule has 4 heteroatoms. The minimum atomic E-state index is -0.178. The Morgan fingerprint density at radius 3 is 2.23 bits per heavy atom. The molecule has 0 aliphatic carbocycles. The van der Waals surface area contributed by atoms with Gasteiger partial charge >= 0.3 is 0 Å². The first kappa shape index (κ1) is 20.7. The summed E-state index contributed by atoms with van der Waals surface area (Å²) in [4.78, 5) is 13.3. The lowest BCUT2D eigenvalue weighted by Crippen LogP contribution is -2.17. The van der Waals surface area contributed by atoms with Crippen LogP contribution in [0.3, 0.4) is 0 Å². The molecule has 0 aromatic heterocycles. The predicted octanol–water partition coefficient (Wildman–Crippen LogP) is 5.93. The minimum Gasteiger partial charge on any atom is -0.486 e. The van der Waals surface area contributed by atoms with Crippen LogP contribution in [0, 0.1) is 0 Å². The van der Waals surface area contributed by atoms with Crippen LogP contribution in [0.5, 0.6) is 11.5 Å². The van der Waals surface area contributed by atoms with Gasteiger partial charge in [-0.1, -0.05) is 75.4 Å². The van der Waals surface area contributed by atoms with Crippen LogP contribution >= 0.6 is 0 Å². The molecular weight excluding hydrogens is 386 g/mol. The summed E-state index contributed by atoms with van der Waals surface area (Å²) in [6.07, 6.45) is 1.93. The summed E-state index contributed by atoms with van der Waals surface area (Å²) in [5.74, 6) is 1.16. The highest BCUT2D eigenvalue weighted by Crippen LogP contribution is 2.33. The molecule has 0 bridgehead atoms. The summed E-state index contributed by atoms with van der Waals surface area (Å²) in [6, 6.07) is 23.5. The maximum atomic E-state index is 13.3. The van der Waals surface area contributed by atoms with E-state index in [2.05, 4.69) is 50.4 Å². The molecule has 158 valence electrons. The van der Waals surface area contributed by atoms with E-state index < -0.39 is 0 Å². The molecule has 0 fully saturated rings. The molecule has 1 N–H and O–H groups in total. The van der Waals surface area contributed by atoms with E-state index >= 15 is 0 Å². The van der Waals surface area contributed by atoms with Crippen molar-refractivity contribution in [3.05, 3.63) is 89.5 Å². The highest BCUT2D eigenvalue weighted by molar-refractivity contribution is 6.29. The van der Waals surface area contributed by atoms with Gasteiger partial charge in [0.1, 0.15) is 13.2 Å². The second-order valence-electron chi connectivity index (χ2n) is 8.61. The number of carbonyl (C=O) groups is 1. The van der Waals surface area contributed by atoms with Gasteiger partial charge in [0.05, 0.1) is 0 Å². The first-order valence-electron chi connectivity index (χ1n) is 10.5. The Balaban J connectivity index is 1.64. The number of benzene rings is 3. The van der Waals surface area contributed by atoms with Gasteiger partial charge in [-0.2, -0.15) is 0 Å². The van der Waals surface area contributed by atoms with E-state index in [9.17, 15) is 4.79 Å². The maximum Gasteiger partial charge on any atom is 0.256 e. The van der Waals surface area contributed by atoms with Crippen LogP contribution in [0.25, 0.3) is 11.6 Å². The monoisotopic (exact) mass is 413 g/mol. The van der Waals surface area contributed by atoms with Crippen molar-refractivity contribution in [2.75, 3.05) is 18.5 Å². The fraction of sp³-hybridized carbons (Fsp3) is 0.222. The zero-order valence-corrected chi connectivity index (χ0v) is 18.1. The number of amides is 1. The van der Waals surface area contributed by atoms with Crippen molar-refractivity contribution in [2.24, 2.45) is 0 Å². The zero-order valence-electron chi connectivity index (χ0n) is 18.1. The molecule has 0 spiro atoms. The van der Waals surface area contributed by atoms with Crippen LogP contribution in [0.2, 0.25) is 0 Å². The van der Waals surface area contributed by atoms with Crippen molar-refractivity contribution in [1.82, 2.24) is 0 Å². The normalized spacial score (nSPS) is 13.6. The predicted molar refractivity (Wildman–Crippen MR) is 126 cm³/mol. The van der Waals surface area contributed by atoms with Crippen LogP contribution in [0.1, 0.15) is 37.5 Å². The highest BCUT2D eigenvalue weighted by atomic mass is 16.6. The van der Waals surface area contributed by atoms with E-state index in [-0.39, 0.29) is 11.3 Å². The molecule has 1 heterocycles. The standard InChI is InChI=1S/C27H27NO3/c1-27(2,3)21-11-9-19(10-12-21)17-23(20-7-5-4-6-8-20)26(29)28-22-13-14-24-25(18-22)31-16-15-30-24/h4-14,17-18H,15-16H2,1-3H3,(H,28,29)/b23-17+. The molecule has 0 unspecified atom stereocenters. The number of rotatable bonds is 4. The van der Waals surface area contributed by atoms with Crippen molar-refractivity contribution in [1.29, 1.82) is 0 Å². The van der Waals surface area contributed by atoms with Gasteiger partial charge in [0.15, 0.2) is 11.5 Å². The fourth-order valence-electron chi connectivity index (χ4n) is 3.46. The molecule has 4 rings (SSSR count). The topological polar surface area (TPSA) is 47.6 Å². The summed E-state index contributed by atoms with van der Waals surface area (Å²) in [5, 5.41) is 3.00. The molecule has 4 nitrogen and oxygen atoms in total.